The fourth-order valence-corrected chi connectivity index (χ4v) is 3.03. The summed E-state index contributed by atoms with van der Waals surface area (Å²) in [6, 6.07) is 6.99. The Hall–Kier alpha value is -1.06. The average Bonchev–Trinajstić information content (AvgIpc) is 2.41. The van der Waals surface area contributed by atoms with E-state index in [0.29, 0.717) is 6.04 Å². The number of benzene rings is 1. The Morgan fingerprint density at radius 3 is 2.84 bits per heavy atom. The molecule has 1 aliphatic rings. The smallest absolute Gasteiger partial charge is 0.121 e. The van der Waals surface area contributed by atoms with E-state index in [-0.39, 0.29) is 0 Å². The Morgan fingerprint density at radius 2 is 2.21 bits per heavy atom. The van der Waals surface area contributed by atoms with Crippen molar-refractivity contribution in [2.24, 2.45) is 11.7 Å². The van der Waals surface area contributed by atoms with Crippen LogP contribution in [-0.2, 0) is 6.54 Å². The molecule has 0 aromatic heterocycles. The Labute approximate surface area is 116 Å². The minimum absolute atomic E-state index is 0.533. The van der Waals surface area contributed by atoms with Crippen molar-refractivity contribution >= 4 is 0 Å². The van der Waals surface area contributed by atoms with Gasteiger partial charge in [-0.1, -0.05) is 19.1 Å². The van der Waals surface area contributed by atoms with Crippen LogP contribution in [0.4, 0.5) is 0 Å². The molecular weight excluding hydrogens is 236 g/mol. The molecule has 1 aliphatic heterocycles. The van der Waals surface area contributed by atoms with Crippen LogP contribution >= 0.6 is 0 Å². The molecule has 0 saturated carbocycles. The largest absolute Gasteiger partial charge is 0.496 e. The highest BCUT2D eigenvalue weighted by atomic mass is 16.5. The molecule has 2 unspecified atom stereocenters. The zero-order valence-corrected chi connectivity index (χ0v) is 12.4. The predicted molar refractivity (Wildman–Crippen MR) is 79.4 cm³/mol. The number of likely N-dealkylation sites (tertiary alicyclic amines) is 1. The third-order valence-electron chi connectivity index (χ3n) is 4.22. The van der Waals surface area contributed by atoms with Gasteiger partial charge < -0.3 is 10.5 Å². The first kappa shape index (κ1) is 14.4. The van der Waals surface area contributed by atoms with Crippen LogP contribution in [0.3, 0.4) is 0 Å². The summed E-state index contributed by atoms with van der Waals surface area (Å²) in [5.74, 6) is 1.77. The molecule has 1 heterocycles. The molecule has 3 heteroatoms. The molecule has 0 bridgehead atoms. The minimum atomic E-state index is 0.533. The van der Waals surface area contributed by atoms with E-state index in [4.69, 9.17) is 10.5 Å². The van der Waals surface area contributed by atoms with Crippen molar-refractivity contribution in [3.8, 4) is 5.75 Å². The van der Waals surface area contributed by atoms with Gasteiger partial charge in [0.2, 0.25) is 0 Å². The topological polar surface area (TPSA) is 38.5 Å². The van der Waals surface area contributed by atoms with Gasteiger partial charge in [0.25, 0.3) is 0 Å². The highest BCUT2D eigenvalue weighted by Crippen LogP contribution is 2.25. The molecule has 1 aromatic rings. The SMILES string of the molecule is COc1ccc(CN2CCC(C)CC2CN)cc1C. The maximum absolute atomic E-state index is 5.92. The van der Waals surface area contributed by atoms with Crippen LogP contribution in [-0.4, -0.2) is 31.1 Å². The van der Waals surface area contributed by atoms with Gasteiger partial charge in [0.1, 0.15) is 5.75 Å². The Balaban J connectivity index is 2.05. The third kappa shape index (κ3) is 3.48. The van der Waals surface area contributed by atoms with Crippen molar-refractivity contribution in [1.29, 1.82) is 0 Å². The second-order valence-electron chi connectivity index (χ2n) is 5.79. The number of nitrogens with two attached hydrogens (primary N) is 1. The monoisotopic (exact) mass is 262 g/mol. The molecule has 1 aromatic carbocycles. The summed E-state index contributed by atoms with van der Waals surface area (Å²) in [5.41, 5.74) is 8.48. The summed E-state index contributed by atoms with van der Waals surface area (Å²) < 4.78 is 5.31. The number of rotatable bonds is 4. The molecule has 2 atom stereocenters. The molecule has 0 radical (unpaired) electrons. The predicted octanol–water partition coefficient (Wildman–Crippen LogP) is 2.56. The second-order valence-corrected chi connectivity index (χ2v) is 5.79. The second kappa shape index (κ2) is 6.40. The molecule has 3 nitrogen and oxygen atoms in total. The highest BCUT2D eigenvalue weighted by molar-refractivity contribution is 5.36. The maximum Gasteiger partial charge on any atom is 0.121 e. The zero-order chi connectivity index (χ0) is 13.8. The van der Waals surface area contributed by atoms with Crippen molar-refractivity contribution < 1.29 is 4.74 Å². The number of aryl methyl sites for hydroxylation is 1. The van der Waals surface area contributed by atoms with E-state index in [2.05, 4.69) is 36.9 Å². The molecule has 19 heavy (non-hydrogen) atoms. The Bertz CT molecular complexity index is 419. The lowest BCUT2D eigenvalue weighted by Crippen LogP contribution is -2.45. The maximum atomic E-state index is 5.92. The average molecular weight is 262 g/mol. The molecule has 2 N–H and O–H groups in total. The summed E-state index contributed by atoms with van der Waals surface area (Å²) in [5, 5.41) is 0. The summed E-state index contributed by atoms with van der Waals surface area (Å²) in [6.45, 7) is 7.35. The van der Waals surface area contributed by atoms with Gasteiger partial charge in [-0.3, -0.25) is 4.90 Å². The summed E-state index contributed by atoms with van der Waals surface area (Å²) in [4.78, 5) is 2.53. The lowest BCUT2D eigenvalue weighted by molar-refractivity contribution is 0.115. The molecule has 1 saturated heterocycles. The molecular formula is C16H26N2O. The van der Waals surface area contributed by atoms with Gasteiger partial charge in [-0.15, -0.1) is 0 Å². The summed E-state index contributed by atoms with van der Waals surface area (Å²) in [7, 11) is 1.72. The van der Waals surface area contributed by atoms with E-state index in [0.717, 1.165) is 31.3 Å². The van der Waals surface area contributed by atoms with E-state index >= 15 is 0 Å². The molecule has 1 fully saturated rings. The minimum Gasteiger partial charge on any atom is -0.496 e. The van der Waals surface area contributed by atoms with Crippen LogP contribution in [0, 0.1) is 12.8 Å². The van der Waals surface area contributed by atoms with Gasteiger partial charge in [-0.25, -0.2) is 0 Å². The van der Waals surface area contributed by atoms with Gasteiger partial charge in [0.15, 0.2) is 0 Å². The van der Waals surface area contributed by atoms with E-state index < -0.39 is 0 Å². The Kier molecular flexibility index (Phi) is 4.83. The molecule has 2 rings (SSSR count). The summed E-state index contributed by atoms with van der Waals surface area (Å²) >= 11 is 0. The quantitative estimate of drug-likeness (QED) is 0.906. The van der Waals surface area contributed by atoms with Crippen molar-refractivity contribution in [2.75, 3.05) is 20.2 Å². The van der Waals surface area contributed by atoms with Crippen molar-refractivity contribution in [2.45, 2.75) is 39.3 Å². The Morgan fingerprint density at radius 1 is 1.42 bits per heavy atom. The van der Waals surface area contributed by atoms with Crippen LogP contribution in [0.25, 0.3) is 0 Å². The van der Waals surface area contributed by atoms with Gasteiger partial charge in [-0.05, 0) is 49.4 Å². The van der Waals surface area contributed by atoms with Gasteiger partial charge in [0.05, 0.1) is 7.11 Å². The first-order chi connectivity index (χ1) is 9.13. The molecule has 106 valence electrons. The fraction of sp³-hybridized carbons (Fsp3) is 0.625. The highest BCUT2D eigenvalue weighted by Gasteiger charge is 2.25. The van der Waals surface area contributed by atoms with Crippen LogP contribution in [0.5, 0.6) is 5.75 Å². The molecule has 0 aliphatic carbocycles. The van der Waals surface area contributed by atoms with Crippen molar-refractivity contribution in [3.63, 3.8) is 0 Å². The van der Waals surface area contributed by atoms with Gasteiger partial charge in [-0.2, -0.15) is 0 Å². The number of ether oxygens (including phenoxy) is 1. The molecule has 0 spiro atoms. The van der Waals surface area contributed by atoms with Crippen LogP contribution in [0.1, 0.15) is 30.9 Å². The summed E-state index contributed by atoms with van der Waals surface area (Å²) in [6.07, 6.45) is 2.51. The fourth-order valence-electron chi connectivity index (χ4n) is 3.03. The normalized spacial score (nSPS) is 24.4. The first-order valence-corrected chi connectivity index (χ1v) is 7.21. The van der Waals surface area contributed by atoms with E-state index in [1.54, 1.807) is 7.11 Å². The lowest BCUT2D eigenvalue weighted by Gasteiger charge is -2.38. The van der Waals surface area contributed by atoms with Gasteiger partial charge in [0, 0.05) is 19.1 Å². The van der Waals surface area contributed by atoms with Crippen molar-refractivity contribution in [3.05, 3.63) is 29.3 Å². The lowest BCUT2D eigenvalue weighted by atomic mass is 9.92. The first-order valence-electron chi connectivity index (χ1n) is 7.21. The zero-order valence-electron chi connectivity index (χ0n) is 12.4. The number of nitrogens with zero attached hydrogens (tertiary/aromatic N) is 1. The van der Waals surface area contributed by atoms with Crippen LogP contribution in [0.2, 0.25) is 0 Å². The number of hydrogen-bond acceptors (Lipinski definition) is 3. The molecule has 0 amide bonds. The van der Waals surface area contributed by atoms with Crippen molar-refractivity contribution in [1.82, 2.24) is 4.90 Å². The van der Waals surface area contributed by atoms with E-state index in [1.165, 1.54) is 24.0 Å². The number of piperidine rings is 1. The van der Waals surface area contributed by atoms with Crippen LogP contribution < -0.4 is 10.5 Å². The van der Waals surface area contributed by atoms with E-state index in [9.17, 15) is 0 Å². The third-order valence-corrected chi connectivity index (χ3v) is 4.22. The van der Waals surface area contributed by atoms with E-state index in [1.807, 2.05) is 0 Å². The standard InChI is InChI=1S/C16H26N2O/c1-12-6-7-18(15(8-12)10-17)11-14-4-5-16(19-3)13(2)9-14/h4-5,9,12,15H,6-8,10-11,17H2,1-3H3. The van der Waals surface area contributed by atoms with Gasteiger partial charge >= 0.3 is 0 Å². The van der Waals surface area contributed by atoms with Crippen LogP contribution in [0.15, 0.2) is 18.2 Å². The number of hydrogen-bond donors (Lipinski definition) is 1. The number of methoxy groups -OCH3 is 1.